The average Bonchev–Trinajstić information content (AvgIpc) is 2.25. The molecule has 0 saturated heterocycles. The predicted octanol–water partition coefficient (Wildman–Crippen LogP) is 2.69. The van der Waals surface area contributed by atoms with Gasteiger partial charge >= 0.3 is 0 Å². The van der Waals surface area contributed by atoms with Gasteiger partial charge in [0, 0.05) is 25.0 Å². The molecule has 0 amide bonds. The lowest BCUT2D eigenvalue weighted by Crippen LogP contribution is -1.97. The van der Waals surface area contributed by atoms with Crippen molar-refractivity contribution in [2.75, 3.05) is 12.4 Å². The fraction of sp³-hybridized carbons (Fsp3) is 0.100. The van der Waals surface area contributed by atoms with Crippen LogP contribution in [0, 0.1) is 17.5 Å². The van der Waals surface area contributed by atoms with Crippen molar-refractivity contribution in [1.29, 1.82) is 0 Å². The summed E-state index contributed by atoms with van der Waals surface area (Å²) in [5, 5.41) is 2.65. The molecule has 0 saturated carbocycles. The van der Waals surface area contributed by atoms with Gasteiger partial charge in [-0.15, -0.1) is 0 Å². The number of nitrogens with zero attached hydrogens (tertiary/aromatic N) is 1. The Morgan fingerprint density at radius 1 is 1.20 bits per heavy atom. The molecule has 78 valence electrons. The standard InChI is InChI=1S/C10H7F3N2/c1-14-7-2-3-15-10-8(7)5(11)4-6(12)9(10)13/h2-4H,1H3,(H,14,15). The maximum absolute atomic E-state index is 13.4. The van der Waals surface area contributed by atoms with Gasteiger partial charge < -0.3 is 5.32 Å². The summed E-state index contributed by atoms with van der Waals surface area (Å²) in [6.07, 6.45) is 1.29. The van der Waals surface area contributed by atoms with Gasteiger partial charge in [-0.2, -0.15) is 0 Å². The van der Waals surface area contributed by atoms with E-state index in [1.54, 1.807) is 7.05 Å². The van der Waals surface area contributed by atoms with Crippen molar-refractivity contribution in [2.45, 2.75) is 0 Å². The zero-order valence-corrected chi connectivity index (χ0v) is 7.81. The van der Waals surface area contributed by atoms with Crippen LogP contribution in [-0.4, -0.2) is 12.0 Å². The number of hydrogen-bond donors (Lipinski definition) is 1. The molecule has 0 unspecified atom stereocenters. The van der Waals surface area contributed by atoms with E-state index in [0.29, 0.717) is 11.8 Å². The number of aromatic nitrogens is 1. The van der Waals surface area contributed by atoms with Crippen molar-refractivity contribution in [3.05, 3.63) is 35.8 Å². The zero-order chi connectivity index (χ0) is 11.0. The molecule has 5 heteroatoms. The minimum Gasteiger partial charge on any atom is -0.387 e. The molecule has 0 aliphatic rings. The molecule has 1 N–H and O–H groups in total. The van der Waals surface area contributed by atoms with Crippen LogP contribution in [0.25, 0.3) is 10.9 Å². The Bertz CT molecular complexity index is 526. The number of fused-ring (bicyclic) bond motifs is 1. The Morgan fingerprint density at radius 2 is 1.93 bits per heavy atom. The second kappa shape index (κ2) is 3.42. The van der Waals surface area contributed by atoms with Crippen LogP contribution in [0.2, 0.25) is 0 Å². The van der Waals surface area contributed by atoms with E-state index in [1.807, 2.05) is 0 Å². The topological polar surface area (TPSA) is 24.9 Å². The Morgan fingerprint density at radius 3 is 2.60 bits per heavy atom. The van der Waals surface area contributed by atoms with Crippen LogP contribution in [0.4, 0.5) is 18.9 Å². The van der Waals surface area contributed by atoms with Gasteiger partial charge in [-0.1, -0.05) is 0 Å². The van der Waals surface area contributed by atoms with E-state index in [1.165, 1.54) is 12.3 Å². The first-order chi connectivity index (χ1) is 7.15. The fourth-order valence-electron chi connectivity index (χ4n) is 1.44. The van der Waals surface area contributed by atoms with Crippen molar-refractivity contribution in [3.63, 3.8) is 0 Å². The molecular formula is C10H7F3N2. The van der Waals surface area contributed by atoms with Gasteiger partial charge in [0.2, 0.25) is 0 Å². The lowest BCUT2D eigenvalue weighted by Gasteiger charge is -2.07. The molecule has 0 fully saturated rings. The number of pyridine rings is 1. The molecule has 0 aliphatic heterocycles. The Hall–Kier alpha value is -1.78. The number of rotatable bonds is 1. The third-order valence-electron chi connectivity index (χ3n) is 2.13. The van der Waals surface area contributed by atoms with Crippen LogP contribution in [0.15, 0.2) is 18.3 Å². The van der Waals surface area contributed by atoms with Gasteiger partial charge in [-0.25, -0.2) is 13.2 Å². The van der Waals surface area contributed by atoms with Crippen LogP contribution in [0.3, 0.4) is 0 Å². The van der Waals surface area contributed by atoms with E-state index in [-0.39, 0.29) is 10.9 Å². The van der Waals surface area contributed by atoms with Crippen molar-refractivity contribution in [1.82, 2.24) is 4.98 Å². The van der Waals surface area contributed by atoms with E-state index in [4.69, 9.17) is 0 Å². The van der Waals surface area contributed by atoms with Crippen molar-refractivity contribution in [3.8, 4) is 0 Å². The average molecular weight is 212 g/mol. The van der Waals surface area contributed by atoms with Gasteiger partial charge in [0.1, 0.15) is 11.3 Å². The number of nitrogens with one attached hydrogen (secondary N) is 1. The lowest BCUT2D eigenvalue weighted by molar-refractivity contribution is 0.504. The highest BCUT2D eigenvalue weighted by Crippen LogP contribution is 2.27. The SMILES string of the molecule is CNc1ccnc2c(F)c(F)cc(F)c12. The van der Waals surface area contributed by atoms with Crippen LogP contribution >= 0.6 is 0 Å². The summed E-state index contributed by atoms with van der Waals surface area (Å²) in [5.74, 6) is -3.20. The highest BCUT2D eigenvalue weighted by Gasteiger charge is 2.15. The summed E-state index contributed by atoms with van der Waals surface area (Å²) in [7, 11) is 1.56. The summed E-state index contributed by atoms with van der Waals surface area (Å²) in [6.45, 7) is 0. The summed E-state index contributed by atoms with van der Waals surface area (Å²) < 4.78 is 39.5. The first-order valence-electron chi connectivity index (χ1n) is 4.25. The monoisotopic (exact) mass is 212 g/mol. The first-order valence-corrected chi connectivity index (χ1v) is 4.25. The molecule has 0 radical (unpaired) electrons. The first kappa shape index (κ1) is 9.76. The van der Waals surface area contributed by atoms with Gasteiger partial charge in [0.05, 0.1) is 5.39 Å². The third kappa shape index (κ3) is 1.40. The summed E-state index contributed by atoms with van der Waals surface area (Å²) in [5.41, 5.74) is 0.0655. The van der Waals surface area contributed by atoms with E-state index in [2.05, 4.69) is 10.3 Å². The van der Waals surface area contributed by atoms with Gasteiger partial charge in [0.25, 0.3) is 0 Å². The number of hydrogen-bond acceptors (Lipinski definition) is 2. The largest absolute Gasteiger partial charge is 0.387 e. The molecule has 2 rings (SSSR count). The second-order valence-electron chi connectivity index (χ2n) is 2.99. The molecule has 1 heterocycles. The van der Waals surface area contributed by atoms with Crippen LogP contribution in [0.1, 0.15) is 0 Å². The molecule has 0 bridgehead atoms. The zero-order valence-electron chi connectivity index (χ0n) is 7.81. The minimum atomic E-state index is -1.24. The molecule has 1 aromatic heterocycles. The fourth-order valence-corrected chi connectivity index (χ4v) is 1.44. The third-order valence-corrected chi connectivity index (χ3v) is 2.13. The van der Waals surface area contributed by atoms with E-state index >= 15 is 0 Å². The number of benzene rings is 1. The van der Waals surface area contributed by atoms with Gasteiger partial charge in [-0.05, 0) is 6.07 Å². The molecule has 0 aliphatic carbocycles. The van der Waals surface area contributed by atoms with Crippen molar-refractivity contribution in [2.24, 2.45) is 0 Å². The second-order valence-corrected chi connectivity index (χ2v) is 2.99. The predicted molar refractivity (Wildman–Crippen MR) is 51.2 cm³/mol. The maximum Gasteiger partial charge on any atom is 0.185 e. The summed E-state index contributed by atoms with van der Waals surface area (Å²) >= 11 is 0. The maximum atomic E-state index is 13.4. The Balaban J connectivity index is 2.95. The van der Waals surface area contributed by atoms with Crippen LogP contribution in [-0.2, 0) is 0 Å². The summed E-state index contributed by atoms with van der Waals surface area (Å²) in [6, 6.07) is 2.00. The Kier molecular flexibility index (Phi) is 2.22. The van der Waals surface area contributed by atoms with E-state index in [9.17, 15) is 13.2 Å². The molecule has 15 heavy (non-hydrogen) atoms. The molecule has 2 nitrogen and oxygen atoms in total. The molecular weight excluding hydrogens is 205 g/mol. The van der Waals surface area contributed by atoms with E-state index < -0.39 is 17.5 Å². The normalized spacial score (nSPS) is 10.7. The van der Waals surface area contributed by atoms with Gasteiger partial charge in [-0.3, -0.25) is 4.98 Å². The smallest absolute Gasteiger partial charge is 0.185 e. The highest BCUT2D eigenvalue weighted by molar-refractivity contribution is 5.91. The molecule has 0 spiro atoms. The van der Waals surface area contributed by atoms with Crippen molar-refractivity contribution >= 4 is 16.6 Å². The van der Waals surface area contributed by atoms with Gasteiger partial charge in [0.15, 0.2) is 11.6 Å². The quantitative estimate of drug-likeness (QED) is 0.735. The molecule has 2 aromatic rings. The van der Waals surface area contributed by atoms with E-state index in [0.717, 1.165) is 0 Å². The van der Waals surface area contributed by atoms with Crippen LogP contribution < -0.4 is 5.32 Å². The molecule has 1 aromatic carbocycles. The molecule has 0 atom stereocenters. The number of anilines is 1. The lowest BCUT2D eigenvalue weighted by atomic mass is 10.1. The number of halogens is 3. The summed E-state index contributed by atoms with van der Waals surface area (Å²) in [4.78, 5) is 3.62. The van der Waals surface area contributed by atoms with Crippen molar-refractivity contribution < 1.29 is 13.2 Å². The van der Waals surface area contributed by atoms with Crippen LogP contribution in [0.5, 0.6) is 0 Å². The minimum absolute atomic E-state index is 0.0427. The highest BCUT2D eigenvalue weighted by atomic mass is 19.2. The Labute approximate surface area is 83.7 Å².